The van der Waals surface area contributed by atoms with E-state index < -0.39 is 33.0 Å². The van der Waals surface area contributed by atoms with Crippen molar-refractivity contribution >= 4 is 18.4 Å². The molecule has 0 heterocycles. The fourth-order valence-corrected chi connectivity index (χ4v) is 0. The zero-order chi connectivity index (χ0) is 12.0. The molecule has 0 unspecified atom stereocenters. The molecule has 0 bridgehead atoms. The molecule has 0 saturated heterocycles. The van der Waals surface area contributed by atoms with Gasteiger partial charge in [0, 0.05) is 0 Å². The Morgan fingerprint density at radius 1 is 1.40 bits per heavy atom. The average Bonchev–Trinajstić information content (AvgIpc) is 1.77. The van der Waals surface area contributed by atoms with Gasteiger partial charge in [0.1, 0.15) is 0 Å². The minimum atomic E-state index is -5.21. The second-order valence-electron chi connectivity index (χ2n) is 1.12. The van der Waals surface area contributed by atoms with Gasteiger partial charge in [-0.3, -0.25) is 0 Å². The van der Waals surface area contributed by atoms with E-state index in [2.05, 4.69) is 0 Å². The Morgan fingerprint density at radius 2 is 1.80 bits per heavy atom. The van der Waals surface area contributed by atoms with Crippen molar-refractivity contribution in [1.29, 1.82) is 0 Å². The molecule has 0 fully saturated rings. The Bertz CT molecular complexity index is 170. The summed E-state index contributed by atoms with van der Waals surface area (Å²) < 4.78 is 63.9. The summed E-state index contributed by atoms with van der Waals surface area (Å²) in [6, 6.07) is 0. The monoisotopic (exact) mass is 189 g/mol. The molecule has 0 aliphatic rings. The molecule has 0 atom stereocenters. The Hall–Kier alpha value is 0.799. The second kappa shape index (κ2) is 1.50. The third-order valence-electron chi connectivity index (χ3n) is 0. The topological polar surface area (TPSA) is 0 Å². The molecule has 0 aromatic carbocycles. The Morgan fingerprint density at radius 3 is 1.80 bits per heavy atom. The maximum atomic E-state index is 7.10. The predicted octanol–water partition coefficient (Wildman–Crippen LogP) is 1.95. The fourth-order valence-electron chi connectivity index (χ4n) is 0. The normalized spacial score (nSPS) is 46.2. The van der Waals surface area contributed by atoms with Crippen LogP contribution in [-0.4, -0.2) is 18.4 Å². The molecular formula is C4H12Sn. The molecule has 0 N–H and O–H groups in total. The maximum absolute atomic E-state index is 7.10. The molecule has 0 aliphatic heterocycles. The van der Waals surface area contributed by atoms with Crippen LogP contribution in [0.4, 0.5) is 0 Å². The van der Waals surface area contributed by atoms with Gasteiger partial charge in [-0.15, -0.1) is 0 Å². The van der Waals surface area contributed by atoms with Crippen LogP contribution < -0.4 is 0 Å². The van der Waals surface area contributed by atoms with Crippen LogP contribution in [0.3, 0.4) is 0 Å². The van der Waals surface area contributed by atoms with Crippen LogP contribution in [0.15, 0.2) is 0 Å². The molecule has 0 rings (SSSR count). The van der Waals surface area contributed by atoms with E-state index in [9.17, 15) is 0 Å². The Kier molecular flexibility index (Phi) is 0.210. The fraction of sp³-hybridized carbons (Fsp3) is 1.00. The summed E-state index contributed by atoms with van der Waals surface area (Å²) in [5.74, 6) is 0. The van der Waals surface area contributed by atoms with E-state index in [-0.39, 0.29) is 0 Å². The molecule has 0 radical (unpaired) electrons. The van der Waals surface area contributed by atoms with Gasteiger partial charge in [-0.25, -0.2) is 0 Å². The van der Waals surface area contributed by atoms with Gasteiger partial charge in [-0.05, 0) is 0 Å². The molecule has 32 valence electrons. The van der Waals surface area contributed by atoms with Crippen LogP contribution in [0.2, 0.25) is 19.5 Å². The zero-order valence-electron chi connectivity index (χ0n) is 12.0. The zero-order valence-corrected chi connectivity index (χ0v) is 5.85. The van der Waals surface area contributed by atoms with Crippen molar-refractivity contribution in [1.82, 2.24) is 0 Å². The second-order valence-corrected chi connectivity index (χ2v) is 7.55. The van der Waals surface area contributed by atoms with Gasteiger partial charge in [-0.1, -0.05) is 0 Å². The number of hydrogen-bond donors (Lipinski definition) is 0. The van der Waals surface area contributed by atoms with Gasteiger partial charge in [0.15, 0.2) is 0 Å². The van der Waals surface area contributed by atoms with E-state index in [0.29, 0.717) is 0 Å². The van der Waals surface area contributed by atoms with Crippen LogP contribution in [0.5, 0.6) is 0 Å². The summed E-state index contributed by atoms with van der Waals surface area (Å²) in [6.07, 6.45) is 0. The van der Waals surface area contributed by atoms with Crippen LogP contribution in [0.1, 0.15) is 12.3 Å². The van der Waals surface area contributed by atoms with Crippen molar-refractivity contribution in [2.75, 3.05) is 0 Å². The first-order chi connectivity index (χ1) is 5.75. The van der Waals surface area contributed by atoms with Gasteiger partial charge < -0.3 is 0 Å². The van der Waals surface area contributed by atoms with Gasteiger partial charge in [0.2, 0.25) is 0 Å². The first-order valence-corrected chi connectivity index (χ1v) is 8.39. The van der Waals surface area contributed by atoms with E-state index in [1.165, 1.54) is 0 Å². The van der Waals surface area contributed by atoms with E-state index in [0.717, 1.165) is 4.94 Å². The van der Waals surface area contributed by atoms with E-state index in [1.54, 1.807) is 0 Å². The SMILES string of the molecule is [2H][C]([2H])([2H])[Sn]([CH3])([C]([2H])([2H])[2H])[C]([2H])([2H])[2H]. The Balaban J connectivity index is 5.54. The van der Waals surface area contributed by atoms with Crippen molar-refractivity contribution in [3.63, 3.8) is 0 Å². The molecule has 0 amide bonds. The van der Waals surface area contributed by atoms with Crippen LogP contribution in [0, 0.1) is 0 Å². The molecule has 0 spiro atoms. The summed E-state index contributed by atoms with van der Waals surface area (Å²) in [5.41, 5.74) is 0. The first kappa shape index (κ1) is 0.701. The minimum absolute atomic E-state index is 0.960. The van der Waals surface area contributed by atoms with Crippen molar-refractivity contribution in [3.8, 4) is 0 Å². The third kappa shape index (κ3) is 58.9. The van der Waals surface area contributed by atoms with Crippen LogP contribution in [0.25, 0.3) is 0 Å². The van der Waals surface area contributed by atoms with Crippen molar-refractivity contribution in [3.05, 3.63) is 0 Å². The van der Waals surface area contributed by atoms with Gasteiger partial charge in [-0.2, -0.15) is 0 Å². The number of rotatable bonds is 0. The molecular weight excluding hydrogens is 167 g/mol. The van der Waals surface area contributed by atoms with Crippen molar-refractivity contribution < 1.29 is 12.3 Å². The first-order valence-electron chi connectivity index (χ1n) is 5.75. The summed E-state index contributed by atoms with van der Waals surface area (Å²) in [6.45, 7) is 0. The quantitative estimate of drug-likeness (QED) is 0.509. The predicted molar refractivity (Wildman–Crippen MR) is 29.2 cm³/mol. The molecule has 0 aromatic heterocycles. The van der Waals surface area contributed by atoms with E-state index >= 15 is 0 Å². The van der Waals surface area contributed by atoms with Crippen LogP contribution in [-0.2, 0) is 0 Å². The van der Waals surface area contributed by atoms with E-state index in [4.69, 9.17) is 12.3 Å². The van der Waals surface area contributed by atoms with Gasteiger partial charge in [0.05, 0.1) is 0 Å². The summed E-state index contributed by atoms with van der Waals surface area (Å²) >= 11 is -5.21. The van der Waals surface area contributed by atoms with E-state index in [1.807, 2.05) is 0 Å². The standard InChI is InChI=1S/4CH3.Sn/h4*1H3;/i3*1D3;;. The van der Waals surface area contributed by atoms with Crippen molar-refractivity contribution in [2.45, 2.75) is 19.5 Å². The van der Waals surface area contributed by atoms with Gasteiger partial charge in [0.25, 0.3) is 0 Å². The Labute approximate surface area is 51.1 Å². The van der Waals surface area contributed by atoms with Gasteiger partial charge >= 0.3 is 50.3 Å². The summed E-state index contributed by atoms with van der Waals surface area (Å²) in [5, 5.41) is 0. The molecule has 0 saturated carbocycles. The summed E-state index contributed by atoms with van der Waals surface area (Å²) in [7, 11) is 0. The average molecular weight is 188 g/mol. The van der Waals surface area contributed by atoms with Crippen molar-refractivity contribution in [2.24, 2.45) is 0 Å². The molecule has 5 heavy (non-hydrogen) atoms. The molecule has 0 aliphatic carbocycles. The summed E-state index contributed by atoms with van der Waals surface area (Å²) in [4.78, 5) is -7.57. The van der Waals surface area contributed by atoms with Crippen LogP contribution >= 0.6 is 0 Å². The number of hydrogen-bond acceptors (Lipinski definition) is 0. The third-order valence-corrected chi connectivity index (χ3v) is 0. The molecule has 1 heteroatoms. The molecule has 0 nitrogen and oxygen atoms in total. The molecule has 0 aromatic rings.